The molecule has 1 unspecified atom stereocenters. The van der Waals surface area contributed by atoms with Crippen LogP contribution in [-0.4, -0.2) is 40.9 Å². The summed E-state index contributed by atoms with van der Waals surface area (Å²) >= 11 is 1.67. The molecule has 0 bridgehead atoms. The third-order valence-electron chi connectivity index (χ3n) is 3.63. The summed E-state index contributed by atoms with van der Waals surface area (Å²) in [6, 6.07) is 2.65. The number of aromatic nitrogens is 2. The van der Waals surface area contributed by atoms with Crippen LogP contribution in [0.15, 0.2) is 17.4 Å². The lowest BCUT2D eigenvalue weighted by Crippen LogP contribution is -2.50. The van der Waals surface area contributed by atoms with Crippen molar-refractivity contribution >= 4 is 17.6 Å². The predicted octanol–water partition coefficient (Wildman–Crippen LogP) is 2.95. The van der Waals surface area contributed by atoms with Crippen LogP contribution in [0.25, 0.3) is 0 Å². The molecule has 1 saturated heterocycles. The summed E-state index contributed by atoms with van der Waals surface area (Å²) in [6.07, 6.45) is 7.55. The molecule has 4 nitrogen and oxygen atoms in total. The van der Waals surface area contributed by atoms with E-state index in [-0.39, 0.29) is 5.54 Å². The lowest BCUT2D eigenvalue weighted by molar-refractivity contribution is 0.365. The molecule has 112 valence electrons. The molecule has 0 aliphatic carbocycles. The summed E-state index contributed by atoms with van der Waals surface area (Å²) in [5, 5.41) is 4.67. The molecule has 0 amide bonds. The Morgan fingerprint density at radius 3 is 2.85 bits per heavy atom. The topological polar surface area (TPSA) is 41.0 Å². The molecule has 1 fully saturated rings. The van der Waals surface area contributed by atoms with Gasteiger partial charge in [0.1, 0.15) is 17.2 Å². The Labute approximate surface area is 126 Å². The highest BCUT2D eigenvalue weighted by Crippen LogP contribution is 2.25. The van der Waals surface area contributed by atoms with E-state index >= 15 is 0 Å². The average Bonchev–Trinajstić information content (AvgIpc) is 2.45. The normalized spacial score (nSPS) is 20.2. The van der Waals surface area contributed by atoms with Crippen LogP contribution in [0.2, 0.25) is 0 Å². The number of rotatable bonds is 4. The van der Waals surface area contributed by atoms with Crippen molar-refractivity contribution in [3.8, 4) is 0 Å². The number of hydrogen-bond acceptors (Lipinski definition) is 5. The smallest absolute Gasteiger partial charge is 0.133 e. The molecule has 1 aromatic heterocycles. The lowest BCUT2D eigenvalue weighted by atomic mass is 10.0. The van der Waals surface area contributed by atoms with Gasteiger partial charge in [-0.1, -0.05) is 0 Å². The summed E-state index contributed by atoms with van der Waals surface area (Å²) in [5.74, 6) is 1.07. The molecule has 20 heavy (non-hydrogen) atoms. The van der Waals surface area contributed by atoms with Crippen LogP contribution in [0.4, 0.5) is 5.82 Å². The fraction of sp³-hybridized carbons (Fsp3) is 0.733. The SMILES string of the molecule is CSc1cc(N2CCCCC2CNC(C)(C)C)ncn1. The minimum atomic E-state index is 0.166. The zero-order chi connectivity index (χ0) is 14.6. The highest BCUT2D eigenvalue weighted by molar-refractivity contribution is 7.98. The first kappa shape index (κ1) is 15.6. The molecule has 2 rings (SSSR count). The van der Waals surface area contributed by atoms with E-state index in [1.807, 2.05) is 0 Å². The highest BCUT2D eigenvalue weighted by Gasteiger charge is 2.25. The Morgan fingerprint density at radius 1 is 1.35 bits per heavy atom. The fourth-order valence-corrected chi connectivity index (χ4v) is 2.91. The van der Waals surface area contributed by atoms with Gasteiger partial charge in [0.2, 0.25) is 0 Å². The number of piperidine rings is 1. The minimum Gasteiger partial charge on any atom is -0.352 e. The molecule has 1 N–H and O–H groups in total. The van der Waals surface area contributed by atoms with Crippen LogP contribution in [0.1, 0.15) is 40.0 Å². The van der Waals surface area contributed by atoms with Crippen LogP contribution in [0.5, 0.6) is 0 Å². The summed E-state index contributed by atoms with van der Waals surface area (Å²) < 4.78 is 0. The number of nitrogens with one attached hydrogen (secondary N) is 1. The van der Waals surface area contributed by atoms with Crippen molar-refractivity contribution in [1.82, 2.24) is 15.3 Å². The van der Waals surface area contributed by atoms with Crippen molar-refractivity contribution in [2.45, 2.75) is 56.6 Å². The van der Waals surface area contributed by atoms with E-state index in [1.54, 1.807) is 18.1 Å². The van der Waals surface area contributed by atoms with Gasteiger partial charge in [-0.3, -0.25) is 0 Å². The monoisotopic (exact) mass is 294 g/mol. The third kappa shape index (κ3) is 4.35. The van der Waals surface area contributed by atoms with E-state index in [0.29, 0.717) is 6.04 Å². The molecule has 5 heteroatoms. The fourth-order valence-electron chi connectivity index (χ4n) is 2.54. The van der Waals surface area contributed by atoms with E-state index in [9.17, 15) is 0 Å². The summed E-state index contributed by atoms with van der Waals surface area (Å²) in [5.41, 5.74) is 0.166. The second-order valence-electron chi connectivity index (χ2n) is 6.39. The van der Waals surface area contributed by atoms with Gasteiger partial charge in [-0.05, 0) is 46.3 Å². The minimum absolute atomic E-state index is 0.166. The van der Waals surface area contributed by atoms with Gasteiger partial charge in [-0.25, -0.2) is 9.97 Å². The van der Waals surface area contributed by atoms with Gasteiger partial charge >= 0.3 is 0 Å². The van der Waals surface area contributed by atoms with Crippen molar-refractivity contribution < 1.29 is 0 Å². The quantitative estimate of drug-likeness (QED) is 0.683. The van der Waals surface area contributed by atoms with Crippen molar-refractivity contribution in [3.05, 3.63) is 12.4 Å². The molecular weight excluding hydrogens is 268 g/mol. The van der Waals surface area contributed by atoms with Gasteiger partial charge in [0.25, 0.3) is 0 Å². The molecule has 0 saturated carbocycles. The van der Waals surface area contributed by atoms with E-state index in [4.69, 9.17) is 0 Å². The molecule has 0 aromatic carbocycles. The van der Waals surface area contributed by atoms with Crippen molar-refractivity contribution in [3.63, 3.8) is 0 Å². The maximum atomic E-state index is 4.48. The second kappa shape index (κ2) is 6.76. The summed E-state index contributed by atoms with van der Waals surface area (Å²) in [4.78, 5) is 11.2. The Hall–Kier alpha value is -0.810. The van der Waals surface area contributed by atoms with E-state index in [1.165, 1.54) is 19.3 Å². The Bertz CT molecular complexity index is 430. The first-order valence-electron chi connectivity index (χ1n) is 7.37. The van der Waals surface area contributed by atoms with Gasteiger partial charge in [0.15, 0.2) is 0 Å². The maximum Gasteiger partial charge on any atom is 0.133 e. The molecule has 1 aromatic rings. The van der Waals surface area contributed by atoms with Gasteiger partial charge in [0.05, 0.1) is 0 Å². The van der Waals surface area contributed by atoms with Crippen molar-refractivity contribution in [1.29, 1.82) is 0 Å². The second-order valence-corrected chi connectivity index (χ2v) is 7.22. The number of hydrogen-bond donors (Lipinski definition) is 1. The van der Waals surface area contributed by atoms with Crippen molar-refractivity contribution in [2.75, 3.05) is 24.2 Å². The highest BCUT2D eigenvalue weighted by atomic mass is 32.2. The molecular formula is C15H26N4S. The Morgan fingerprint density at radius 2 is 2.15 bits per heavy atom. The maximum absolute atomic E-state index is 4.48. The summed E-state index contributed by atoms with van der Waals surface area (Å²) in [6.45, 7) is 8.77. The standard InChI is InChI=1S/C15H26N4S/c1-15(2,3)18-10-12-7-5-6-8-19(12)13-9-14(20-4)17-11-16-13/h9,11-12,18H,5-8,10H2,1-4H3. The van der Waals surface area contributed by atoms with Gasteiger partial charge in [0, 0.05) is 30.7 Å². The average molecular weight is 294 g/mol. The van der Waals surface area contributed by atoms with Gasteiger partial charge in [-0.15, -0.1) is 11.8 Å². The van der Waals surface area contributed by atoms with E-state index in [2.05, 4.69) is 53.3 Å². The van der Waals surface area contributed by atoms with Crippen LogP contribution in [0.3, 0.4) is 0 Å². The molecule has 1 aliphatic heterocycles. The zero-order valence-corrected chi connectivity index (χ0v) is 13.8. The van der Waals surface area contributed by atoms with Gasteiger partial charge < -0.3 is 10.2 Å². The number of thioether (sulfide) groups is 1. The number of anilines is 1. The Balaban J connectivity index is 2.09. The third-order valence-corrected chi connectivity index (χ3v) is 4.27. The molecule has 1 atom stereocenters. The van der Waals surface area contributed by atoms with Gasteiger partial charge in [-0.2, -0.15) is 0 Å². The van der Waals surface area contributed by atoms with Crippen LogP contribution in [0, 0.1) is 0 Å². The predicted molar refractivity (Wildman–Crippen MR) is 86.6 cm³/mol. The van der Waals surface area contributed by atoms with Crippen molar-refractivity contribution in [2.24, 2.45) is 0 Å². The zero-order valence-electron chi connectivity index (χ0n) is 13.0. The molecule has 0 radical (unpaired) electrons. The molecule has 2 heterocycles. The van der Waals surface area contributed by atoms with E-state index in [0.717, 1.165) is 23.9 Å². The summed E-state index contributed by atoms with van der Waals surface area (Å²) in [7, 11) is 0. The van der Waals surface area contributed by atoms with Crippen LogP contribution >= 0.6 is 11.8 Å². The molecule has 1 aliphatic rings. The number of nitrogens with zero attached hydrogens (tertiary/aromatic N) is 3. The first-order valence-corrected chi connectivity index (χ1v) is 8.60. The molecule has 0 spiro atoms. The Kier molecular flexibility index (Phi) is 5.27. The van der Waals surface area contributed by atoms with Crippen LogP contribution in [-0.2, 0) is 0 Å². The lowest BCUT2D eigenvalue weighted by Gasteiger charge is -2.38. The van der Waals surface area contributed by atoms with Crippen LogP contribution < -0.4 is 10.2 Å². The first-order chi connectivity index (χ1) is 9.49. The largest absolute Gasteiger partial charge is 0.352 e. The van der Waals surface area contributed by atoms with E-state index < -0.39 is 0 Å².